The van der Waals surface area contributed by atoms with Crippen molar-refractivity contribution >= 4 is 5.57 Å². The largest absolute Gasteiger partial charge is 0.0839 e. The van der Waals surface area contributed by atoms with Gasteiger partial charge >= 0.3 is 0 Å². The Balaban J connectivity index is 1.89. The lowest BCUT2D eigenvalue weighted by atomic mass is 9.64. The van der Waals surface area contributed by atoms with Gasteiger partial charge in [-0.2, -0.15) is 0 Å². The minimum atomic E-state index is -0.126. The van der Waals surface area contributed by atoms with Crippen LogP contribution in [0.2, 0.25) is 0 Å². The van der Waals surface area contributed by atoms with Gasteiger partial charge in [-0.05, 0) is 65.5 Å². The molecule has 0 heterocycles. The Kier molecular flexibility index (Phi) is 3.78. The molecule has 0 nitrogen and oxygen atoms in total. The second-order valence-corrected chi connectivity index (χ2v) is 7.49. The summed E-state index contributed by atoms with van der Waals surface area (Å²) in [7, 11) is 0. The van der Waals surface area contributed by atoms with E-state index < -0.39 is 0 Å². The highest BCUT2D eigenvalue weighted by Crippen LogP contribution is 2.57. The van der Waals surface area contributed by atoms with Crippen molar-refractivity contribution in [2.75, 3.05) is 0 Å². The van der Waals surface area contributed by atoms with Crippen LogP contribution in [0.4, 0.5) is 0 Å². The average molecular weight is 336 g/mol. The summed E-state index contributed by atoms with van der Waals surface area (Å²) in [5.41, 5.74) is 8.68. The average Bonchev–Trinajstić information content (AvgIpc) is 2.84. The minimum absolute atomic E-state index is 0.126. The zero-order chi connectivity index (χ0) is 17.4. The summed E-state index contributed by atoms with van der Waals surface area (Å²) in [4.78, 5) is 0. The molecule has 0 radical (unpaired) electrons. The molecule has 26 heavy (non-hydrogen) atoms. The van der Waals surface area contributed by atoms with E-state index in [4.69, 9.17) is 0 Å². The van der Waals surface area contributed by atoms with Crippen LogP contribution in [0.5, 0.6) is 0 Å². The van der Waals surface area contributed by atoms with E-state index in [2.05, 4.69) is 85.0 Å². The zero-order valence-corrected chi connectivity index (χ0v) is 15.1. The number of rotatable bonds is 2. The quantitative estimate of drug-likeness (QED) is 0.568. The van der Waals surface area contributed by atoms with Crippen LogP contribution in [0.25, 0.3) is 5.57 Å². The van der Waals surface area contributed by atoms with Crippen molar-refractivity contribution in [1.29, 1.82) is 0 Å². The first-order chi connectivity index (χ1) is 12.9. The fourth-order valence-corrected chi connectivity index (χ4v) is 5.09. The summed E-state index contributed by atoms with van der Waals surface area (Å²) >= 11 is 0. The van der Waals surface area contributed by atoms with Gasteiger partial charge in [0.2, 0.25) is 0 Å². The van der Waals surface area contributed by atoms with Gasteiger partial charge in [0.1, 0.15) is 0 Å². The predicted molar refractivity (Wildman–Crippen MR) is 110 cm³/mol. The highest BCUT2D eigenvalue weighted by Gasteiger charge is 2.47. The molecule has 3 aliphatic rings. The zero-order valence-electron chi connectivity index (χ0n) is 15.1. The third-order valence-corrected chi connectivity index (χ3v) is 6.12. The molecule has 2 aromatic rings. The molecule has 0 saturated heterocycles. The SMILES string of the molecule is C1=CC(C2(c3ccccc3)C3=C(C=CCCC3)c3ccccc32)=CCC1. The summed E-state index contributed by atoms with van der Waals surface area (Å²) < 4.78 is 0. The van der Waals surface area contributed by atoms with Crippen LogP contribution in [0.1, 0.15) is 48.8 Å². The molecule has 1 unspecified atom stereocenters. The van der Waals surface area contributed by atoms with Crippen LogP contribution in [-0.4, -0.2) is 0 Å². The second-order valence-electron chi connectivity index (χ2n) is 7.49. The summed E-state index contributed by atoms with van der Waals surface area (Å²) in [6.07, 6.45) is 17.8. The molecular weight excluding hydrogens is 312 g/mol. The van der Waals surface area contributed by atoms with Crippen molar-refractivity contribution in [2.24, 2.45) is 0 Å². The Labute approximate surface area is 156 Å². The normalized spacial score (nSPS) is 24.1. The van der Waals surface area contributed by atoms with Crippen molar-refractivity contribution in [3.05, 3.63) is 113 Å². The fourth-order valence-electron chi connectivity index (χ4n) is 5.09. The summed E-state index contributed by atoms with van der Waals surface area (Å²) in [6.45, 7) is 0. The first kappa shape index (κ1) is 15.6. The van der Waals surface area contributed by atoms with Crippen molar-refractivity contribution in [2.45, 2.75) is 37.5 Å². The summed E-state index contributed by atoms with van der Waals surface area (Å²) in [6, 6.07) is 20.2. The van der Waals surface area contributed by atoms with E-state index >= 15 is 0 Å². The molecule has 0 N–H and O–H groups in total. The predicted octanol–water partition coefficient (Wildman–Crippen LogP) is 6.76. The van der Waals surface area contributed by atoms with Crippen molar-refractivity contribution in [1.82, 2.24) is 0 Å². The number of hydrogen-bond acceptors (Lipinski definition) is 0. The first-order valence-corrected chi connectivity index (χ1v) is 9.85. The monoisotopic (exact) mass is 336 g/mol. The van der Waals surface area contributed by atoms with Crippen LogP contribution in [0, 0.1) is 0 Å². The highest BCUT2D eigenvalue weighted by atomic mass is 14.5. The fraction of sp³-hybridized carbons (Fsp3) is 0.231. The maximum Gasteiger partial charge on any atom is 0.0673 e. The minimum Gasteiger partial charge on any atom is -0.0839 e. The molecule has 2 aromatic carbocycles. The lowest BCUT2D eigenvalue weighted by Crippen LogP contribution is -2.31. The Morgan fingerprint density at radius 1 is 0.731 bits per heavy atom. The topological polar surface area (TPSA) is 0 Å². The first-order valence-electron chi connectivity index (χ1n) is 9.85. The van der Waals surface area contributed by atoms with Gasteiger partial charge in [0.05, 0.1) is 5.41 Å². The van der Waals surface area contributed by atoms with Gasteiger partial charge < -0.3 is 0 Å². The number of benzene rings is 2. The van der Waals surface area contributed by atoms with E-state index in [9.17, 15) is 0 Å². The van der Waals surface area contributed by atoms with Gasteiger partial charge in [-0.15, -0.1) is 0 Å². The number of fused-ring (bicyclic) bond motifs is 2. The summed E-state index contributed by atoms with van der Waals surface area (Å²) in [5, 5.41) is 0. The van der Waals surface area contributed by atoms with Crippen molar-refractivity contribution in [3.8, 4) is 0 Å². The van der Waals surface area contributed by atoms with Gasteiger partial charge in [-0.3, -0.25) is 0 Å². The van der Waals surface area contributed by atoms with Gasteiger partial charge in [-0.1, -0.05) is 85.0 Å². The lowest BCUT2D eigenvalue weighted by molar-refractivity contribution is 0.670. The molecule has 0 aliphatic heterocycles. The van der Waals surface area contributed by atoms with Crippen LogP contribution in [0.3, 0.4) is 0 Å². The molecule has 0 aromatic heterocycles. The highest BCUT2D eigenvalue weighted by molar-refractivity contribution is 5.90. The Bertz CT molecular complexity index is 953. The van der Waals surface area contributed by atoms with Crippen molar-refractivity contribution < 1.29 is 0 Å². The molecule has 0 saturated carbocycles. The molecule has 128 valence electrons. The lowest BCUT2D eigenvalue weighted by Gasteiger charge is -2.37. The van der Waals surface area contributed by atoms with E-state index in [1.54, 1.807) is 5.57 Å². The molecular formula is C26H24. The Morgan fingerprint density at radius 2 is 1.54 bits per heavy atom. The van der Waals surface area contributed by atoms with Crippen LogP contribution >= 0.6 is 0 Å². The van der Waals surface area contributed by atoms with E-state index in [0.29, 0.717) is 0 Å². The molecule has 0 fully saturated rings. The van der Waals surface area contributed by atoms with Gasteiger partial charge in [0.25, 0.3) is 0 Å². The molecule has 0 heteroatoms. The van der Waals surface area contributed by atoms with Crippen molar-refractivity contribution in [3.63, 3.8) is 0 Å². The third-order valence-electron chi connectivity index (χ3n) is 6.12. The molecule has 0 spiro atoms. The number of allylic oxidation sites excluding steroid dienone is 8. The van der Waals surface area contributed by atoms with Crippen LogP contribution < -0.4 is 0 Å². The maximum absolute atomic E-state index is 2.48. The Morgan fingerprint density at radius 3 is 2.38 bits per heavy atom. The Hall–Kier alpha value is -2.60. The van der Waals surface area contributed by atoms with E-state index in [-0.39, 0.29) is 5.41 Å². The molecule has 3 aliphatic carbocycles. The molecule has 0 amide bonds. The second kappa shape index (κ2) is 6.29. The van der Waals surface area contributed by atoms with Gasteiger partial charge in [0, 0.05) is 0 Å². The third kappa shape index (κ3) is 2.15. The van der Waals surface area contributed by atoms with Gasteiger partial charge in [-0.25, -0.2) is 0 Å². The van der Waals surface area contributed by atoms with E-state index in [1.165, 1.54) is 40.7 Å². The van der Waals surface area contributed by atoms with E-state index in [1.807, 2.05) is 0 Å². The van der Waals surface area contributed by atoms with E-state index in [0.717, 1.165) is 19.3 Å². The molecule has 1 atom stereocenters. The molecule has 5 rings (SSSR count). The van der Waals surface area contributed by atoms with Crippen LogP contribution in [-0.2, 0) is 5.41 Å². The van der Waals surface area contributed by atoms with Crippen LogP contribution in [0.15, 0.2) is 96.1 Å². The standard InChI is InChI=1S/C26H24/c1-4-12-20(13-5-1)26(21-14-6-2-7-15-21)24-18-9-3-8-16-22(24)23-17-10-11-19-25(23)26/h1,4-6,8,10-17,19H,2-3,7,9,18H2. The summed E-state index contributed by atoms with van der Waals surface area (Å²) in [5.74, 6) is 0. The molecule has 0 bridgehead atoms. The smallest absolute Gasteiger partial charge is 0.0673 e. The number of hydrogen-bond donors (Lipinski definition) is 0. The maximum atomic E-state index is 2.48. The van der Waals surface area contributed by atoms with Gasteiger partial charge in [0.15, 0.2) is 0 Å².